The molecule has 2 heterocycles. The van der Waals surface area contributed by atoms with Crippen LogP contribution < -0.4 is 5.32 Å². The van der Waals surface area contributed by atoms with E-state index in [1.807, 2.05) is 0 Å². The molecule has 0 fully saturated rings. The van der Waals surface area contributed by atoms with Crippen LogP contribution in [0, 0.1) is 0 Å². The number of hydrogen-bond donors (Lipinski definition) is 3. The molecule has 0 aliphatic heterocycles. The lowest BCUT2D eigenvalue weighted by atomic mass is 10.3. The Bertz CT molecular complexity index is 626. The van der Waals surface area contributed by atoms with Crippen LogP contribution in [0.4, 0.5) is 0 Å². The quantitative estimate of drug-likeness (QED) is 0.604. The van der Waals surface area contributed by atoms with Crippen LogP contribution in [0.2, 0.25) is 0 Å². The van der Waals surface area contributed by atoms with Crippen LogP contribution in [0.15, 0.2) is 18.9 Å². The van der Waals surface area contributed by atoms with E-state index in [9.17, 15) is 9.59 Å². The van der Waals surface area contributed by atoms with E-state index in [-0.39, 0.29) is 6.42 Å². The normalized spacial score (nSPS) is 12.2. The number of amides is 1. The maximum atomic E-state index is 11.6. The lowest BCUT2D eigenvalue weighted by molar-refractivity contribution is -0.143. The molecule has 0 unspecified atom stereocenters. The molecule has 0 radical (unpaired) electrons. The van der Waals surface area contributed by atoms with Crippen LogP contribution in [0.5, 0.6) is 0 Å². The maximum Gasteiger partial charge on any atom is 0.328 e. The van der Waals surface area contributed by atoms with E-state index < -0.39 is 24.5 Å². The highest BCUT2D eigenvalue weighted by molar-refractivity contribution is 5.83. The van der Waals surface area contributed by atoms with Gasteiger partial charge in [0.25, 0.3) is 0 Å². The predicted molar refractivity (Wildman–Crippen MR) is 66.6 cm³/mol. The van der Waals surface area contributed by atoms with Crippen molar-refractivity contribution < 1.29 is 19.8 Å². The first-order valence-corrected chi connectivity index (χ1v) is 5.85. The standard InChI is InChI=1S/C11H13N5O4/c17-4-8(11(19)20)15-9(18)1-2-16-6-14-7-3-12-5-13-10(7)16/h3,5-6,8,17H,1-2,4H2,(H,15,18)(H,19,20)/t8-/m1/s1. The number of aliphatic hydroxyl groups is 1. The van der Waals surface area contributed by atoms with Gasteiger partial charge < -0.3 is 20.1 Å². The van der Waals surface area contributed by atoms with Crippen LogP contribution in [-0.2, 0) is 16.1 Å². The van der Waals surface area contributed by atoms with Gasteiger partial charge in [0.05, 0.1) is 19.1 Å². The summed E-state index contributed by atoms with van der Waals surface area (Å²) in [5, 5.41) is 19.7. The first kappa shape index (κ1) is 13.9. The SMILES string of the molecule is O=C(CCn1cnc2cncnc21)N[C@H](CO)C(=O)O. The Morgan fingerprint density at radius 3 is 2.90 bits per heavy atom. The average molecular weight is 279 g/mol. The summed E-state index contributed by atoms with van der Waals surface area (Å²) in [6.45, 7) is -0.348. The van der Waals surface area contributed by atoms with Crippen LogP contribution in [-0.4, -0.2) is 54.3 Å². The molecular weight excluding hydrogens is 266 g/mol. The molecule has 1 atom stereocenters. The minimum atomic E-state index is -1.29. The molecule has 20 heavy (non-hydrogen) atoms. The molecule has 0 saturated heterocycles. The molecular formula is C11H13N5O4. The van der Waals surface area contributed by atoms with Crippen molar-refractivity contribution in [2.24, 2.45) is 0 Å². The molecule has 0 aliphatic rings. The fourth-order valence-corrected chi connectivity index (χ4v) is 1.65. The number of aliphatic carboxylic acids is 1. The monoisotopic (exact) mass is 279 g/mol. The molecule has 0 aliphatic carbocycles. The van der Waals surface area contributed by atoms with Crippen molar-refractivity contribution >= 4 is 23.0 Å². The number of aryl methyl sites for hydroxylation is 1. The molecule has 0 saturated carbocycles. The number of rotatable bonds is 6. The fourth-order valence-electron chi connectivity index (χ4n) is 1.65. The number of aromatic nitrogens is 4. The van der Waals surface area contributed by atoms with E-state index in [4.69, 9.17) is 10.2 Å². The predicted octanol–water partition coefficient (Wildman–Crippen LogP) is -1.22. The Morgan fingerprint density at radius 1 is 1.40 bits per heavy atom. The molecule has 9 nitrogen and oxygen atoms in total. The highest BCUT2D eigenvalue weighted by Gasteiger charge is 2.18. The highest BCUT2D eigenvalue weighted by atomic mass is 16.4. The number of carboxylic acid groups (broad SMARTS) is 1. The molecule has 0 spiro atoms. The number of carbonyl (C=O) groups excluding carboxylic acids is 1. The van der Waals surface area contributed by atoms with Crippen molar-refractivity contribution in [3.63, 3.8) is 0 Å². The van der Waals surface area contributed by atoms with E-state index in [2.05, 4.69) is 20.3 Å². The maximum absolute atomic E-state index is 11.6. The Balaban J connectivity index is 1.95. The summed E-state index contributed by atoms with van der Waals surface area (Å²) in [5.41, 5.74) is 1.22. The van der Waals surface area contributed by atoms with Crippen LogP contribution in [0.25, 0.3) is 11.2 Å². The molecule has 3 N–H and O–H groups in total. The van der Waals surface area contributed by atoms with E-state index in [0.29, 0.717) is 17.7 Å². The van der Waals surface area contributed by atoms with Gasteiger partial charge in [0, 0.05) is 13.0 Å². The van der Waals surface area contributed by atoms with Gasteiger partial charge in [0.2, 0.25) is 5.91 Å². The van der Waals surface area contributed by atoms with Gasteiger partial charge in [-0.15, -0.1) is 0 Å². The van der Waals surface area contributed by atoms with E-state index in [1.54, 1.807) is 10.8 Å². The summed E-state index contributed by atoms with van der Waals surface area (Å²) >= 11 is 0. The van der Waals surface area contributed by atoms with E-state index >= 15 is 0 Å². The van der Waals surface area contributed by atoms with Gasteiger partial charge in [-0.05, 0) is 0 Å². The summed E-state index contributed by atoms with van der Waals surface area (Å²) in [6.07, 6.45) is 4.53. The highest BCUT2D eigenvalue weighted by Crippen LogP contribution is 2.07. The first-order chi connectivity index (χ1) is 9.61. The number of nitrogens with zero attached hydrogens (tertiary/aromatic N) is 4. The third-order valence-electron chi connectivity index (χ3n) is 2.68. The third-order valence-corrected chi connectivity index (χ3v) is 2.68. The molecule has 2 aromatic rings. The van der Waals surface area contributed by atoms with E-state index in [0.717, 1.165) is 0 Å². The summed E-state index contributed by atoms with van der Waals surface area (Å²) in [7, 11) is 0. The number of fused-ring (bicyclic) bond motifs is 1. The Labute approximate surface area is 113 Å². The van der Waals surface area contributed by atoms with Crippen LogP contribution in [0.3, 0.4) is 0 Å². The second kappa shape index (κ2) is 6.06. The Kier molecular flexibility index (Phi) is 4.20. The zero-order valence-electron chi connectivity index (χ0n) is 10.4. The summed E-state index contributed by atoms with van der Waals surface area (Å²) in [4.78, 5) is 34.2. The lowest BCUT2D eigenvalue weighted by Crippen LogP contribution is -2.43. The van der Waals surface area contributed by atoms with Gasteiger partial charge in [-0.1, -0.05) is 0 Å². The number of imidazole rings is 1. The minimum absolute atomic E-state index is 0.0548. The zero-order valence-corrected chi connectivity index (χ0v) is 10.4. The van der Waals surface area contributed by atoms with Gasteiger partial charge in [0.1, 0.15) is 17.9 Å². The number of aliphatic hydroxyl groups excluding tert-OH is 1. The summed E-state index contributed by atoms with van der Waals surface area (Å²) in [6, 6.07) is -1.29. The second-order valence-electron chi connectivity index (χ2n) is 4.06. The second-order valence-corrected chi connectivity index (χ2v) is 4.06. The van der Waals surface area contributed by atoms with Crippen molar-refractivity contribution in [2.75, 3.05) is 6.61 Å². The lowest BCUT2D eigenvalue weighted by Gasteiger charge is -2.11. The Hall–Kier alpha value is -2.55. The fraction of sp³-hybridized carbons (Fsp3) is 0.364. The smallest absolute Gasteiger partial charge is 0.328 e. The topological polar surface area (TPSA) is 130 Å². The third kappa shape index (κ3) is 3.06. The molecule has 2 aromatic heterocycles. The van der Waals surface area contributed by atoms with Crippen molar-refractivity contribution in [3.8, 4) is 0 Å². The van der Waals surface area contributed by atoms with E-state index in [1.165, 1.54) is 12.7 Å². The molecule has 0 aromatic carbocycles. The molecule has 2 rings (SSSR count). The van der Waals surface area contributed by atoms with Crippen molar-refractivity contribution in [1.29, 1.82) is 0 Å². The molecule has 9 heteroatoms. The van der Waals surface area contributed by atoms with Gasteiger partial charge in [-0.25, -0.2) is 19.7 Å². The first-order valence-electron chi connectivity index (χ1n) is 5.85. The van der Waals surface area contributed by atoms with Crippen LogP contribution in [0.1, 0.15) is 6.42 Å². The largest absolute Gasteiger partial charge is 0.480 e. The number of carbonyl (C=O) groups is 2. The average Bonchev–Trinajstić information content (AvgIpc) is 2.85. The van der Waals surface area contributed by atoms with Gasteiger partial charge >= 0.3 is 5.97 Å². The van der Waals surface area contributed by atoms with Gasteiger partial charge in [-0.2, -0.15) is 0 Å². The van der Waals surface area contributed by atoms with Gasteiger partial charge in [-0.3, -0.25) is 4.79 Å². The van der Waals surface area contributed by atoms with Crippen molar-refractivity contribution in [3.05, 3.63) is 18.9 Å². The Morgan fingerprint density at radius 2 is 2.20 bits per heavy atom. The molecule has 0 bridgehead atoms. The van der Waals surface area contributed by atoms with Crippen LogP contribution >= 0.6 is 0 Å². The molecule has 1 amide bonds. The van der Waals surface area contributed by atoms with Crippen molar-refractivity contribution in [2.45, 2.75) is 19.0 Å². The minimum Gasteiger partial charge on any atom is -0.480 e. The van der Waals surface area contributed by atoms with Crippen molar-refractivity contribution in [1.82, 2.24) is 24.8 Å². The number of hydrogen-bond acceptors (Lipinski definition) is 6. The summed E-state index contributed by atoms with van der Waals surface area (Å²) < 4.78 is 1.67. The molecule has 106 valence electrons. The van der Waals surface area contributed by atoms with Gasteiger partial charge in [0.15, 0.2) is 5.65 Å². The zero-order chi connectivity index (χ0) is 14.5. The summed E-state index contributed by atoms with van der Waals surface area (Å²) in [5.74, 6) is -1.75. The number of carboxylic acids is 1. The number of nitrogens with one attached hydrogen (secondary N) is 1.